The molecule has 0 fully saturated rings. The summed E-state index contributed by atoms with van der Waals surface area (Å²) in [6.07, 6.45) is 0. The molecule has 2 N–H and O–H groups in total. The van der Waals surface area contributed by atoms with Crippen molar-refractivity contribution in [2.75, 3.05) is 0 Å². The van der Waals surface area contributed by atoms with E-state index in [0.717, 1.165) is 0 Å². The molecule has 0 spiro atoms. The molecule has 1 radical (unpaired) electrons. The van der Waals surface area contributed by atoms with E-state index >= 15 is 0 Å². The van der Waals surface area contributed by atoms with Crippen molar-refractivity contribution in [1.29, 1.82) is 0 Å². The predicted molar refractivity (Wildman–Crippen MR) is 5.81 cm³/mol. The molecule has 0 heterocycles. The van der Waals surface area contributed by atoms with Gasteiger partial charge in [-0.3, -0.25) is 0 Å². The van der Waals surface area contributed by atoms with Gasteiger partial charge in [0.15, 0.2) is 0 Å². The molecule has 43 valence electrons. The SMILES string of the molecule is [Gd].[O]=[Cr](=[O])([OH])[OH].[Y]. The maximum Gasteiger partial charge on any atom is 0 e. The fourth-order valence-electron chi connectivity index (χ4n) is 0. The first-order valence-corrected chi connectivity index (χ1v) is 2.88. The van der Waals surface area contributed by atoms with Crippen LogP contribution in [0.1, 0.15) is 0 Å². The van der Waals surface area contributed by atoms with Crippen LogP contribution in [0.2, 0.25) is 0 Å². The molecule has 7 heteroatoms. The second-order valence-electron chi connectivity index (χ2n) is 0.448. The van der Waals surface area contributed by atoms with Gasteiger partial charge in [-0.2, -0.15) is 0 Å². The molecule has 0 aromatic rings. The minimum atomic E-state index is -5.25. The quantitative estimate of drug-likeness (QED) is 0.557. The summed E-state index contributed by atoms with van der Waals surface area (Å²) in [7, 11) is 0. The minimum absolute atomic E-state index is 0. The molecule has 0 aliphatic carbocycles. The van der Waals surface area contributed by atoms with Gasteiger partial charge >= 0.3 is 29.5 Å². The first-order valence-electron chi connectivity index (χ1n) is 0.698. The van der Waals surface area contributed by atoms with E-state index in [1.165, 1.54) is 0 Å². The third kappa shape index (κ3) is 57.9. The van der Waals surface area contributed by atoms with Crippen LogP contribution >= 0.6 is 0 Å². The number of rotatable bonds is 0. The van der Waals surface area contributed by atoms with Crippen molar-refractivity contribution in [3.63, 3.8) is 0 Å². The Morgan fingerprint density at radius 3 is 1.14 bits per heavy atom. The Hall–Kier alpha value is 2.48. The standard InChI is InChI=1S/Cr.Gd.2H2O.2O.Y/h;;2*1H2;;;/q+2;;;;;;/p-2. The van der Waals surface area contributed by atoms with Crippen molar-refractivity contribution >= 4 is 0 Å². The van der Waals surface area contributed by atoms with Gasteiger partial charge < -0.3 is 0 Å². The van der Waals surface area contributed by atoms with Crippen LogP contribution in [0.5, 0.6) is 0 Å². The molecule has 7 heavy (non-hydrogen) atoms. The van der Waals surface area contributed by atoms with Crippen LogP contribution < -0.4 is 0 Å². The fraction of sp³-hybridized carbons (Fsp3) is 0. The van der Waals surface area contributed by atoms with E-state index in [2.05, 4.69) is 0 Å². The first kappa shape index (κ1) is 16.2. The van der Waals surface area contributed by atoms with Gasteiger partial charge in [0.25, 0.3) is 0 Å². The van der Waals surface area contributed by atoms with E-state index in [1.807, 2.05) is 0 Å². The molecule has 0 amide bonds. The van der Waals surface area contributed by atoms with E-state index in [4.69, 9.17) is 15.9 Å². The Morgan fingerprint density at radius 2 is 1.14 bits per heavy atom. The third-order valence-corrected chi connectivity index (χ3v) is 0. The topological polar surface area (TPSA) is 74.6 Å². The molecule has 0 saturated carbocycles. The molecule has 0 unspecified atom stereocenters. The summed E-state index contributed by atoms with van der Waals surface area (Å²) in [5, 5.41) is 0. The summed E-state index contributed by atoms with van der Waals surface area (Å²) in [4.78, 5) is 0. The van der Waals surface area contributed by atoms with Gasteiger partial charge in [-0.15, -0.1) is 0 Å². The van der Waals surface area contributed by atoms with Crippen molar-refractivity contribution in [3.8, 4) is 0 Å². The van der Waals surface area contributed by atoms with E-state index in [0.29, 0.717) is 0 Å². The molecular weight excluding hydrogens is 362 g/mol. The van der Waals surface area contributed by atoms with Crippen molar-refractivity contribution in [3.05, 3.63) is 0 Å². The molecule has 0 saturated heterocycles. The van der Waals surface area contributed by atoms with E-state index < -0.39 is 13.6 Å². The Balaban J connectivity index is -0.0000000800. The van der Waals surface area contributed by atoms with Gasteiger partial charge in [-0.1, -0.05) is 0 Å². The summed E-state index contributed by atoms with van der Waals surface area (Å²) in [6.45, 7) is 0. The summed E-state index contributed by atoms with van der Waals surface area (Å²) >= 11 is -5.25. The second kappa shape index (κ2) is 6.60. The molecule has 4 nitrogen and oxygen atoms in total. The molecule has 0 rings (SSSR count). The normalized spacial score (nSPS) is 8.29. The molecular formula is H2CrGdO4Y. The molecule has 0 aromatic carbocycles. The van der Waals surface area contributed by atoms with Crippen LogP contribution in [0.15, 0.2) is 0 Å². The van der Waals surface area contributed by atoms with Crippen LogP contribution in [-0.2, 0) is 53.9 Å². The molecule has 0 atom stereocenters. The minimum Gasteiger partial charge on any atom is 0 e. The van der Waals surface area contributed by atoms with Crippen molar-refractivity contribution in [2.45, 2.75) is 0 Å². The van der Waals surface area contributed by atoms with Crippen LogP contribution in [0.4, 0.5) is 0 Å². The summed E-state index contributed by atoms with van der Waals surface area (Å²) in [6, 6.07) is 0. The Labute approximate surface area is 100 Å². The van der Waals surface area contributed by atoms with Gasteiger partial charge in [-0.05, 0) is 0 Å². The zero-order chi connectivity index (χ0) is 4.50. The fourth-order valence-corrected chi connectivity index (χ4v) is 0. The van der Waals surface area contributed by atoms with Crippen LogP contribution in [0.25, 0.3) is 0 Å². The smallest absolute Gasteiger partial charge is 0 e. The van der Waals surface area contributed by atoms with Crippen molar-refractivity contribution in [1.82, 2.24) is 0 Å². The largest absolute Gasteiger partial charge is 0 e. The zero-order valence-corrected chi connectivity index (χ0v) is 9.43. The number of hydrogen-bond acceptors (Lipinski definition) is 2. The zero-order valence-electron chi connectivity index (χ0n) is 3.05. The molecule has 0 aliphatic heterocycles. The number of hydrogen-bond donors (Lipinski definition) is 2. The Bertz CT molecular complexity index is 94.9. The maximum absolute atomic E-state index is 8.82. The molecule has 0 aliphatic rings. The summed E-state index contributed by atoms with van der Waals surface area (Å²) in [5.41, 5.74) is 0. The van der Waals surface area contributed by atoms with Gasteiger partial charge in [0.2, 0.25) is 0 Å². The molecule has 0 bridgehead atoms. The van der Waals surface area contributed by atoms with Crippen LogP contribution in [0, 0.1) is 39.9 Å². The maximum atomic E-state index is 8.82. The Morgan fingerprint density at radius 1 is 1.14 bits per heavy atom. The monoisotopic (exact) mass is 365 g/mol. The van der Waals surface area contributed by atoms with Gasteiger partial charge in [0.1, 0.15) is 0 Å². The van der Waals surface area contributed by atoms with E-state index in [1.54, 1.807) is 0 Å². The summed E-state index contributed by atoms with van der Waals surface area (Å²) < 4.78 is 31.9. The van der Waals surface area contributed by atoms with Crippen LogP contribution in [-0.4, -0.2) is 8.32 Å². The average Bonchev–Trinajstić information content (AvgIpc) is 0.722. The van der Waals surface area contributed by atoms with E-state index in [9.17, 15) is 0 Å². The van der Waals surface area contributed by atoms with Gasteiger partial charge in [-0.25, -0.2) is 0 Å². The van der Waals surface area contributed by atoms with Crippen molar-refractivity contribution < 1.29 is 102 Å². The van der Waals surface area contributed by atoms with Crippen LogP contribution in [0.3, 0.4) is 0 Å². The predicted octanol–water partition coefficient (Wildman–Crippen LogP) is -1.36. The van der Waals surface area contributed by atoms with Crippen molar-refractivity contribution in [2.24, 2.45) is 0 Å². The second-order valence-corrected chi connectivity index (χ2v) is 1.85. The first-order chi connectivity index (χ1) is 2.00. The summed E-state index contributed by atoms with van der Waals surface area (Å²) in [5.74, 6) is 0. The van der Waals surface area contributed by atoms with E-state index in [-0.39, 0.29) is 72.6 Å². The third-order valence-electron chi connectivity index (χ3n) is 0. The van der Waals surface area contributed by atoms with Gasteiger partial charge in [0, 0.05) is 72.6 Å². The average molecular weight is 364 g/mol. The Kier molecular flexibility index (Phi) is 15.3. The van der Waals surface area contributed by atoms with Gasteiger partial charge in [0.05, 0.1) is 0 Å². The molecule has 0 aromatic heterocycles.